The smallest absolute Gasteiger partial charge is 0.422 e. The van der Waals surface area contributed by atoms with Crippen LogP contribution in [-0.4, -0.2) is 30.8 Å². The Hall–Kier alpha value is -2.84. The number of halogens is 4. The van der Waals surface area contributed by atoms with E-state index >= 15 is 0 Å². The van der Waals surface area contributed by atoms with E-state index in [1.807, 2.05) is 0 Å². The van der Waals surface area contributed by atoms with Gasteiger partial charge >= 0.3 is 6.18 Å². The molecule has 2 aromatic rings. The van der Waals surface area contributed by atoms with Crippen molar-refractivity contribution < 1.29 is 22.3 Å². The number of nitrogens with zero attached hydrogens (tertiary/aromatic N) is 2. The van der Waals surface area contributed by atoms with Crippen LogP contribution in [0.3, 0.4) is 0 Å². The molecule has 2 rings (SSSR count). The Morgan fingerprint density at radius 1 is 1.12 bits per heavy atom. The van der Waals surface area contributed by atoms with E-state index in [1.54, 1.807) is 31.3 Å². The summed E-state index contributed by atoms with van der Waals surface area (Å²) < 4.78 is 54.5. The van der Waals surface area contributed by atoms with Crippen LogP contribution in [0.5, 0.6) is 5.88 Å². The average molecular weight is 370 g/mol. The van der Waals surface area contributed by atoms with E-state index in [1.165, 1.54) is 18.3 Å². The van der Waals surface area contributed by atoms with Gasteiger partial charge in [0.1, 0.15) is 5.82 Å². The third-order valence-corrected chi connectivity index (χ3v) is 3.27. The predicted octanol–water partition coefficient (Wildman–Crippen LogP) is 3.03. The van der Waals surface area contributed by atoms with Gasteiger partial charge in [0.25, 0.3) is 0 Å². The van der Waals surface area contributed by atoms with E-state index in [2.05, 4.69) is 20.6 Å². The molecule has 2 N–H and O–H groups in total. The van der Waals surface area contributed by atoms with E-state index in [4.69, 9.17) is 4.74 Å². The third kappa shape index (κ3) is 6.58. The van der Waals surface area contributed by atoms with Gasteiger partial charge in [-0.15, -0.1) is 0 Å². The normalized spacial score (nSPS) is 12.0. The van der Waals surface area contributed by atoms with Gasteiger partial charge in [-0.3, -0.25) is 4.99 Å². The minimum absolute atomic E-state index is 0.0914. The molecule has 5 nitrogen and oxygen atoms in total. The highest BCUT2D eigenvalue weighted by atomic mass is 19.4. The monoisotopic (exact) mass is 370 g/mol. The molecule has 0 amide bonds. The molecule has 0 unspecified atom stereocenters. The van der Waals surface area contributed by atoms with Crippen LogP contribution in [0.1, 0.15) is 11.1 Å². The van der Waals surface area contributed by atoms with Crippen molar-refractivity contribution in [3.05, 3.63) is 59.5 Å². The summed E-state index contributed by atoms with van der Waals surface area (Å²) in [6, 6.07) is 9.20. The number of rotatable bonds is 6. The van der Waals surface area contributed by atoms with Crippen LogP contribution in [0.25, 0.3) is 0 Å². The van der Waals surface area contributed by atoms with Crippen molar-refractivity contribution in [2.24, 2.45) is 4.99 Å². The van der Waals surface area contributed by atoms with Crippen molar-refractivity contribution in [2.45, 2.75) is 19.3 Å². The van der Waals surface area contributed by atoms with Crippen LogP contribution in [-0.2, 0) is 13.1 Å². The number of aromatic nitrogens is 1. The van der Waals surface area contributed by atoms with Crippen molar-refractivity contribution >= 4 is 5.96 Å². The molecule has 1 heterocycles. The van der Waals surface area contributed by atoms with E-state index in [0.717, 1.165) is 5.56 Å². The maximum Gasteiger partial charge on any atom is 0.422 e. The molecule has 0 radical (unpaired) electrons. The van der Waals surface area contributed by atoms with Crippen LogP contribution >= 0.6 is 0 Å². The summed E-state index contributed by atoms with van der Waals surface area (Å²) >= 11 is 0. The number of aliphatic imine (C=N–C) groups is 1. The first-order valence-electron chi connectivity index (χ1n) is 7.70. The second-order valence-corrected chi connectivity index (χ2v) is 5.28. The van der Waals surface area contributed by atoms with Crippen molar-refractivity contribution in [3.63, 3.8) is 0 Å². The lowest BCUT2D eigenvalue weighted by Crippen LogP contribution is -2.36. The molecule has 1 aromatic carbocycles. The predicted molar refractivity (Wildman–Crippen MR) is 89.2 cm³/mol. The molecule has 9 heteroatoms. The Labute approximate surface area is 148 Å². The van der Waals surface area contributed by atoms with Crippen LogP contribution in [0.15, 0.2) is 47.6 Å². The summed E-state index contributed by atoms with van der Waals surface area (Å²) in [6.07, 6.45) is -3.08. The molecule has 0 bridgehead atoms. The molecule has 0 fully saturated rings. The number of pyridine rings is 1. The van der Waals surface area contributed by atoms with Gasteiger partial charge in [0, 0.05) is 31.9 Å². The number of benzene rings is 1. The van der Waals surface area contributed by atoms with Gasteiger partial charge in [-0.2, -0.15) is 13.2 Å². The van der Waals surface area contributed by atoms with Crippen LogP contribution < -0.4 is 15.4 Å². The largest absolute Gasteiger partial charge is 0.468 e. The summed E-state index contributed by atoms with van der Waals surface area (Å²) in [7, 11) is 1.56. The number of hydrogen-bond acceptors (Lipinski definition) is 3. The fraction of sp³-hybridized carbons (Fsp3) is 0.294. The van der Waals surface area contributed by atoms with Crippen LogP contribution in [0.2, 0.25) is 0 Å². The molecule has 0 spiro atoms. The van der Waals surface area contributed by atoms with Crippen molar-refractivity contribution in [1.82, 2.24) is 15.6 Å². The summed E-state index contributed by atoms with van der Waals surface area (Å²) in [5.41, 5.74) is 1.31. The SMILES string of the molecule is CN=C(NCc1ccc(F)cc1)NCc1cccnc1OCC(F)(F)F. The topological polar surface area (TPSA) is 58.5 Å². The average Bonchev–Trinajstić information content (AvgIpc) is 2.61. The zero-order valence-electron chi connectivity index (χ0n) is 14.0. The second-order valence-electron chi connectivity index (χ2n) is 5.28. The van der Waals surface area contributed by atoms with Gasteiger partial charge in [-0.25, -0.2) is 9.37 Å². The number of nitrogens with one attached hydrogen (secondary N) is 2. The van der Waals surface area contributed by atoms with Gasteiger partial charge in [-0.1, -0.05) is 18.2 Å². The van der Waals surface area contributed by atoms with Crippen LogP contribution in [0.4, 0.5) is 17.6 Å². The Morgan fingerprint density at radius 2 is 1.81 bits per heavy atom. The van der Waals surface area contributed by atoms with Gasteiger partial charge in [0.2, 0.25) is 5.88 Å². The fourth-order valence-electron chi connectivity index (χ4n) is 2.03. The summed E-state index contributed by atoms with van der Waals surface area (Å²) in [6.45, 7) is -0.830. The molecule has 1 aromatic heterocycles. The Morgan fingerprint density at radius 3 is 2.46 bits per heavy atom. The first-order chi connectivity index (χ1) is 12.4. The molecular weight excluding hydrogens is 352 g/mol. The quantitative estimate of drug-likeness (QED) is 0.466. The first kappa shape index (κ1) is 19.5. The minimum atomic E-state index is -4.44. The molecule has 140 valence electrons. The third-order valence-electron chi connectivity index (χ3n) is 3.27. The maximum absolute atomic E-state index is 12.9. The molecule has 0 saturated carbocycles. The number of hydrogen-bond donors (Lipinski definition) is 2. The molecule has 26 heavy (non-hydrogen) atoms. The lowest BCUT2D eigenvalue weighted by Gasteiger charge is -2.14. The van der Waals surface area contributed by atoms with Gasteiger partial charge in [0.15, 0.2) is 12.6 Å². The molecular formula is C17H18F4N4O. The second kappa shape index (κ2) is 9.02. The summed E-state index contributed by atoms with van der Waals surface area (Å²) in [5.74, 6) is 0.0190. The minimum Gasteiger partial charge on any atom is -0.468 e. The highest BCUT2D eigenvalue weighted by Crippen LogP contribution is 2.19. The van der Waals surface area contributed by atoms with E-state index in [-0.39, 0.29) is 18.2 Å². The number of alkyl halides is 3. The zero-order valence-corrected chi connectivity index (χ0v) is 14.0. The van der Waals surface area contributed by atoms with Crippen LogP contribution in [0, 0.1) is 5.82 Å². The Kier molecular flexibility index (Phi) is 6.76. The first-order valence-corrected chi connectivity index (χ1v) is 7.70. The Balaban J connectivity index is 1.90. The maximum atomic E-state index is 12.9. The fourth-order valence-corrected chi connectivity index (χ4v) is 2.03. The highest BCUT2D eigenvalue weighted by Gasteiger charge is 2.29. The number of guanidine groups is 1. The lowest BCUT2D eigenvalue weighted by atomic mass is 10.2. The van der Waals surface area contributed by atoms with Gasteiger partial charge in [-0.05, 0) is 23.8 Å². The van der Waals surface area contributed by atoms with Gasteiger partial charge < -0.3 is 15.4 Å². The lowest BCUT2D eigenvalue weighted by molar-refractivity contribution is -0.154. The van der Waals surface area contributed by atoms with E-state index in [9.17, 15) is 17.6 Å². The number of ether oxygens (including phenoxy) is 1. The standard InChI is InChI=1S/C17H18F4N4O/c1-22-16(24-9-12-4-6-14(18)7-5-12)25-10-13-3-2-8-23-15(13)26-11-17(19,20)21/h2-8H,9-11H2,1H3,(H2,22,24,25). The zero-order chi connectivity index (χ0) is 19.0. The summed E-state index contributed by atoms with van der Waals surface area (Å²) in [4.78, 5) is 7.86. The van der Waals surface area contributed by atoms with Gasteiger partial charge in [0.05, 0.1) is 0 Å². The van der Waals surface area contributed by atoms with Crippen molar-refractivity contribution in [2.75, 3.05) is 13.7 Å². The molecule has 0 aliphatic carbocycles. The molecule has 0 aliphatic heterocycles. The molecule has 0 saturated heterocycles. The van der Waals surface area contributed by atoms with E-state index in [0.29, 0.717) is 18.1 Å². The Bertz CT molecular complexity index is 732. The van der Waals surface area contributed by atoms with E-state index < -0.39 is 12.8 Å². The van der Waals surface area contributed by atoms with Crippen molar-refractivity contribution in [1.29, 1.82) is 0 Å². The molecule has 0 atom stereocenters. The molecule has 0 aliphatic rings. The highest BCUT2D eigenvalue weighted by molar-refractivity contribution is 5.79. The van der Waals surface area contributed by atoms with Crippen molar-refractivity contribution in [3.8, 4) is 5.88 Å². The summed E-state index contributed by atoms with van der Waals surface area (Å²) in [5, 5.41) is 5.99.